The Morgan fingerprint density at radius 2 is 2.25 bits per heavy atom. The Morgan fingerprint density at radius 3 is 2.94 bits per heavy atom. The summed E-state index contributed by atoms with van der Waals surface area (Å²) in [7, 11) is 0. The normalized spacial score (nSPS) is 19.1. The van der Waals surface area contributed by atoms with Crippen LogP contribution in [0.25, 0.3) is 0 Å². The predicted octanol–water partition coefficient (Wildman–Crippen LogP) is 2.89. The van der Waals surface area contributed by atoms with Gasteiger partial charge in [-0.1, -0.05) is 19.8 Å². The number of nitrogens with zero attached hydrogens (tertiary/aromatic N) is 2. The number of hydrogen-bond acceptors (Lipinski definition) is 2. The molecule has 1 aliphatic carbocycles. The summed E-state index contributed by atoms with van der Waals surface area (Å²) >= 11 is 0. The fourth-order valence-corrected chi connectivity index (χ4v) is 2.28. The molecule has 1 atom stereocenters. The number of nitrogens with one attached hydrogen (secondary N) is 1. The van der Waals surface area contributed by atoms with Gasteiger partial charge in [0.15, 0.2) is 0 Å². The molecular formula is C13H23N3. The van der Waals surface area contributed by atoms with Gasteiger partial charge in [-0.2, -0.15) is 5.10 Å². The average molecular weight is 221 g/mol. The highest BCUT2D eigenvalue weighted by atomic mass is 15.3. The molecule has 1 unspecified atom stereocenters. The lowest BCUT2D eigenvalue weighted by molar-refractivity contribution is 0.464. The number of rotatable bonds is 5. The van der Waals surface area contributed by atoms with Crippen molar-refractivity contribution < 1.29 is 0 Å². The van der Waals surface area contributed by atoms with Gasteiger partial charge in [-0.25, -0.2) is 0 Å². The van der Waals surface area contributed by atoms with Crippen molar-refractivity contribution >= 4 is 0 Å². The number of hydrogen-bond donors (Lipinski definition) is 1. The van der Waals surface area contributed by atoms with E-state index in [0.29, 0.717) is 6.04 Å². The largest absolute Gasteiger partial charge is 0.308 e. The minimum absolute atomic E-state index is 0.514. The van der Waals surface area contributed by atoms with Gasteiger partial charge in [-0.15, -0.1) is 0 Å². The first kappa shape index (κ1) is 11.6. The van der Waals surface area contributed by atoms with E-state index in [9.17, 15) is 0 Å². The summed E-state index contributed by atoms with van der Waals surface area (Å²) in [5.41, 5.74) is 1.17. The van der Waals surface area contributed by atoms with Crippen LogP contribution in [0.1, 0.15) is 57.7 Å². The molecule has 1 fully saturated rings. The second-order valence-electron chi connectivity index (χ2n) is 4.91. The molecule has 0 aromatic carbocycles. The molecule has 3 heteroatoms. The topological polar surface area (TPSA) is 29.9 Å². The lowest BCUT2D eigenvalue weighted by atomic mass is 10.2. The Labute approximate surface area is 98.2 Å². The van der Waals surface area contributed by atoms with Crippen LogP contribution in [0.4, 0.5) is 0 Å². The van der Waals surface area contributed by atoms with Gasteiger partial charge in [0.2, 0.25) is 0 Å². The first-order valence-electron chi connectivity index (χ1n) is 6.57. The van der Waals surface area contributed by atoms with Crippen LogP contribution in [0.3, 0.4) is 0 Å². The summed E-state index contributed by atoms with van der Waals surface area (Å²) in [6.07, 6.45) is 8.69. The van der Waals surface area contributed by atoms with Gasteiger partial charge in [-0.3, -0.25) is 4.68 Å². The molecule has 90 valence electrons. The molecule has 1 aromatic rings. The van der Waals surface area contributed by atoms with E-state index in [0.717, 1.165) is 19.0 Å². The van der Waals surface area contributed by atoms with Gasteiger partial charge >= 0.3 is 0 Å². The molecule has 1 heterocycles. The van der Waals surface area contributed by atoms with Crippen molar-refractivity contribution in [2.24, 2.45) is 0 Å². The maximum Gasteiger partial charge on any atom is 0.0762 e. The molecule has 1 aliphatic rings. The van der Waals surface area contributed by atoms with Crippen molar-refractivity contribution in [3.8, 4) is 0 Å². The standard InChI is InChI=1S/C13H23N3/c1-3-11(2)16-9-8-13(15-16)10-14-12-6-4-5-7-12/h8-9,11-12,14H,3-7,10H2,1-2H3. The summed E-state index contributed by atoms with van der Waals surface area (Å²) in [5, 5.41) is 8.19. The van der Waals surface area contributed by atoms with E-state index in [4.69, 9.17) is 0 Å². The second kappa shape index (κ2) is 5.48. The Balaban J connectivity index is 1.82. The van der Waals surface area contributed by atoms with Crippen LogP contribution in [0.15, 0.2) is 12.3 Å². The fourth-order valence-electron chi connectivity index (χ4n) is 2.28. The molecule has 3 nitrogen and oxygen atoms in total. The molecular weight excluding hydrogens is 198 g/mol. The Morgan fingerprint density at radius 1 is 1.50 bits per heavy atom. The zero-order valence-corrected chi connectivity index (χ0v) is 10.4. The summed E-state index contributed by atoms with van der Waals surface area (Å²) in [6.45, 7) is 5.33. The third-order valence-electron chi connectivity index (χ3n) is 3.63. The highest BCUT2D eigenvalue weighted by Gasteiger charge is 2.14. The average Bonchev–Trinajstić information content (AvgIpc) is 2.96. The van der Waals surface area contributed by atoms with E-state index in [1.165, 1.54) is 31.4 Å². The van der Waals surface area contributed by atoms with E-state index in [1.807, 2.05) is 0 Å². The summed E-state index contributed by atoms with van der Waals surface area (Å²) in [5.74, 6) is 0. The fraction of sp³-hybridized carbons (Fsp3) is 0.769. The van der Waals surface area contributed by atoms with Gasteiger partial charge in [0.1, 0.15) is 0 Å². The van der Waals surface area contributed by atoms with Crippen LogP contribution >= 0.6 is 0 Å². The lowest BCUT2D eigenvalue weighted by Gasteiger charge is -2.10. The van der Waals surface area contributed by atoms with Gasteiger partial charge in [0.25, 0.3) is 0 Å². The van der Waals surface area contributed by atoms with E-state index < -0.39 is 0 Å². The molecule has 16 heavy (non-hydrogen) atoms. The van der Waals surface area contributed by atoms with Crippen LogP contribution in [-0.2, 0) is 6.54 Å². The van der Waals surface area contributed by atoms with Gasteiger partial charge < -0.3 is 5.32 Å². The molecule has 1 saturated carbocycles. The first-order chi connectivity index (χ1) is 7.79. The smallest absolute Gasteiger partial charge is 0.0762 e. The maximum atomic E-state index is 4.60. The van der Waals surface area contributed by atoms with Gasteiger partial charge in [0, 0.05) is 24.8 Å². The van der Waals surface area contributed by atoms with Crippen LogP contribution in [0, 0.1) is 0 Å². The van der Waals surface area contributed by atoms with Crippen molar-refractivity contribution in [2.45, 2.75) is 64.6 Å². The van der Waals surface area contributed by atoms with Crippen LogP contribution in [0.2, 0.25) is 0 Å². The highest BCUT2D eigenvalue weighted by Crippen LogP contribution is 2.18. The molecule has 0 saturated heterocycles. The van der Waals surface area contributed by atoms with Crippen LogP contribution < -0.4 is 5.32 Å². The molecule has 0 bridgehead atoms. The molecule has 0 aliphatic heterocycles. The molecule has 1 N–H and O–H groups in total. The van der Waals surface area contributed by atoms with Crippen molar-refractivity contribution in [3.63, 3.8) is 0 Å². The van der Waals surface area contributed by atoms with Gasteiger partial charge in [-0.05, 0) is 32.3 Å². The van der Waals surface area contributed by atoms with E-state index in [2.05, 4.69) is 41.2 Å². The summed E-state index contributed by atoms with van der Waals surface area (Å²) < 4.78 is 2.08. The quantitative estimate of drug-likeness (QED) is 0.828. The Bertz CT molecular complexity index is 313. The predicted molar refractivity (Wildman–Crippen MR) is 66.3 cm³/mol. The maximum absolute atomic E-state index is 4.60. The van der Waals surface area contributed by atoms with Crippen molar-refractivity contribution in [2.75, 3.05) is 0 Å². The van der Waals surface area contributed by atoms with Crippen molar-refractivity contribution in [3.05, 3.63) is 18.0 Å². The minimum atomic E-state index is 0.514. The first-order valence-corrected chi connectivity index (χ1v) is 6.57. The molecule has 0 spiro atoms. The molecule has 0 amide bonds. The highest BCUT2D eigenvalue weighted by molar-refractivity contribution is 4.99. The zero-order chi connectivity index (χ0) is 11.4. The number of aromatic nitrogens is 2. The third kappa shape index (κ3) is 2.85. The van der Waals surface area contributed by atoms with E-state index in [-0.39, 0.29) is 0 Å². The van der Waals surface area contributed by atoms with Crippen LogP contribution in [0.5, 0.6) is 0 Å². The van der Waals surface area contributed by atoms with Crippen molar-refractivity contribution in [1.82, 2.24) is 15.1 Å². The summed E-state index contributed by atoms with van der Waals surface area (Å²) in [6, 6.07) is 3.38. The van der Waals surface area contributed by atoms with Crippen molar-refractivity contribution in [1.29, 1.82) is 0 Å². The zero-order valence-electron chi connectivity index (χ0n) is 10.4. The molecule has 1 aromatic heterocycles. The Kier molecular flexibility index (Phi) is 3.99. The minimum Gasteiger partial charge on any atom is -0.308 e. The second-order valence-corrected chi connectivity index (χ2v) is 4.91. The SMILES string of the molecule is CCC(C)n1ccc(CNC2CCCC2)n1. The van der Waals surface area contributed by atoms with E-state index >= 15 is 0 Å². The van der Waals surface area contributed by atoms with Crippen LogP contribution in [-0.4, -0.2) is 15.8 Å². The van der Waals surface area contributed by atoms with E-state index in [1.54, 1.807) is 0 Å². The molecule has 0 radical (unpaired) electrons. The lowest BCUT2D eigenvalue weighted by Crippen LogP contribution is -2.25. The van der Waals surface area contributed by atoms with Gasteiger partial charge in [0.05, 0.1) is 5.69 Å². The Hall–Kier alpha value is -0.830. The third-order valence-corrected chi connectivity index (χ3v) is 3.63. The monoisotopic (exact) mass is 221 g/mol. The molecule has 2 rings (SSSR count). The summed E-state index contributed by atoms with van der Waals surface area (Å²) in [4.78, 5) is 0.